The predicted molar refractivity (Wildman–Crippen MR) is 117 cm³/mol. The molecule has 2 N–H and O–H groups in total. The first kappa shape index (κ1) is 22.4. The number of nitrogens with zero attached hydrogens (tertiary/aromatic N) is 1. The van der Waals surface area contributed by atoms with Gasteiger partial charge in [0.15, 0.2) is 0 Å². The zero-order chi connectivity index (χ0) is 23.4. The Morgan fingerprint density at radius 1 is 1.09 bits per heavy atom. The van der Waals surface area contributed by atoms with E-state index >= 15 is 0 Å². The second-order valence-electron chi connectivity index (χ2n) is 7.88. The fraction of sp³-hybridized carbons (Fsp3) is 0.292. The summed E-state index contributed by atoms with van der Waals surface area (Å²) in [5, 5.41) is 4.02. The molecule has 2 aromatic rings. The predicted octanol–water partition coefficient (Wildman–Crippen LogP) is 3.22. The first-order valence-electron chi connectivity index (χ1n) is 10.6. The maximum absolute atomic E-state index is 12.9. The Kier molecular flexibility index (Phi) is 6.67. The van der Waals surface area contributed by atoms with E-state index in [1.165, 1.54) is 17.1 Å². The fourth-order valence-electron chi connectivity index (χ4n) is 4.03. The van der Waals surface area contributed by atoms with Crippen LogP contribution in [0.2, 0.25) is 0 Å². The van der Waals surface area contributed by atoms with Gasteiger partial charge in [0.25, 0.3) is 5.91 Å². The Balaban J connectivity index is 1.36. The molecule has 7 nitrogen and oxygen atoms in total. The summed E-state index contributed by atoms with van der Waals surface area (Å²) in [6.45, 7) is -2.55. The highest BCUT2D eigenvalue weighted by Gasteiger charge is 2.42. The number of rotatable bonds is 7. The molecule has 9 heteroatoms. The average Bonchev–Trinajstić information content (AvgIpc) is 2.82. The second kappa shape index (κ2) is 9.81. The topological polar surface area (TPSA) is 87.7 Å². The summed E-state index contributed by atoms with van der Waals surface area (Å²) in [6, 6.07) is 12.7. The van der Waals surface area contributed by atoms with Crippen molar-refractivity contribution in [2.75, 3.05) is 11.6 Å². The van der Waals surface area contributed by atoms with Crippen LogP contribution >= 0.6 is 0 Å². The highest BCUT2D eigenvalue weighted by Crippen LogP contribution is 2.32. The van der Waals surface area contributed by atoms with Crippen molar-refractivity contribution in [3.63, 3.8) is 0 Å². The number of alkyl halides is 2. The van der Waals surface area contributed by atoms with Gasteiger partial charge in [-0.25, -0.2) is 5.01 Å². The van der Waals surface area contributed by atoms with E-state index in [1.54, 1.807) is 36.4 Å². The molecule has 0 bridgehead atoms. The number of amides is 3. The van der Waals surface area contributed by atoms with Crippen LogP contribution in [0.15, 0.2) is 60.7 Å². The summed E-state index contributed by atoms with van der Waals surface area (Å²) in [4.78, 5) is 38.0. The molecule has 1 aliphatic carbocycles. The second-order valence-corrected chi connectivity index (χ2v) is 7.88. The van der Waals surface area contributed by atoms with E-state index < -0.39 is 12.5 Å². The third kappa shape index (κ3) is 5.19. The summed E-state index contributed by atoms with van der Waals surface area (Å²) >= 11 is 0. The van der Waals surface area contributed by atoms with Crippen molar-refractivity contribution >= 4 is 23.4 Å². The zero-order valence-electron chi connectivity index (χ0n) is 17.7. The number of hydrazine groups is 1. The highest BCUT2D eigenvalue weighted by atomic mass is 19.3. The van der Waals surface area contributed by atoms with Crippen LogP contribution in [0, 0.1) is 11.8 Å². The van der Waals surface area contributed by atoms with E-state index in [2.05, 4.69) is 15.5 Å². The lowest BCUT2D eigenvalue weighted by atomic mass is 9.80. The van der Waals surface area contributed by atoms with Crippen molar-refractivity contribution in [1.82, 2.24) is 10.7 Å². The van der Waals surface area contributed by atoms with E-state index in [1.807, 2.05) is 12.2 Å². The van der Waals surface area contributed by atoms with Gasteiger partial charge in [0.1, 0.15) is 5.75 Å². The molecular weight excluding hydrogens is 432 g/mol. The van der Waals surface area contributed by atoms with Crippen LogP contribution in [-0.2, 0) is 16.0 Å². The summed E-state index contributed by atoms with van der Waals surface area (Å²) < 4.78 is 28.8. The van der Waals surface area contributed by atoms with Crippen LogP contribution < -0.4 is 20.5 Å². The van der Waals surface area contributed by atoms with E-state index in [0.717, 1.165) is 5.56 Å². The normalized spacial score (nSPS) is 19.8. The number of nitrogens with one attached hydrogen (secondary N) is 2. The van der Waals surface area contributed by atoms with Crippen LogP contribution in [0.1, 0.15) is 28.8 Å². The van der Waals surface area contributed by atoms with Gasteiger partial charge in [-0.15, -0.1) is 0 Å². The first-order chi connectivity index (χ1) is 15.9. The number of hydrogen-bond donors (Lipinski definition) is 2. The molecule has 3 amide bonds. The van der Waals surface area contributed by atoms with Gasteiger partial charge in [-0.2, -0.15) is 8.78 Å². The molecule has 0 aromatic heterocycles. The molecule has 172 valence electrons. The lowest BCUT2D eigenvalue weighted by Crippen LogP contribution is -2.59. The minimum absolute atomic E-state index is 0.0736. The van der Waals surface area contributed by atoms with Gasteiger partial charge in [0.2, 0.25) is 11.8 Å². The van der Waals surface area contributed by atoms with Crippen LogP contribution in [-0.4, -0.2) is 30.9 Å². The largest absolute Gasteiger partial charge is 0.435 e. The molecule has 0 saturated carbocycles. The molecule has 1 fully saturated rings. The first-order valence-corrected chi connectivity index (χ1v) is 10.6. The summed E-state index contributed by atoms with van der Waals surface area (Å²) in [6.07, 6.45) is 5.39. The number of halogens is 2. The van der Waals surface area contributed by atoms with Crippen molar-refractivity contribution in [3.8, 4) is 5.75 Å². The Bertz CT molecular complexity index is 1070. The van der Waals surface area contributed by atoms with E-state index in [4.69, 9.17) is 0 Å². The number of carbonyl (C=O) groups is 3. The van der Waals surface area contributed by atoms with E-state index in [-0.39, 0.29) is 29.4 Å². The van der Waals surface area contributed by atoms with Crippen molar-refractivity contribution in [2.45, 2.75) is 25.9 Å². The minimum Gasteiger partial charge on any atom is -0.435 e. The zero-order valence-corrected chi connectivity index (χ0v) is 17.7. The molecule has 2 atom stereocenters. The quantitative estimate of drug-likeness (QED) is 0.628. The molecule has 4 rings (SSSR count). The smallest absolute Gasteiger partial charge is 0.387 e. The van der Waals surface area contributed by atoms with E-state index in [0.29, 0.717) is 37.1 Å². The van der Waals surface area contributed by atoms with Gasteiger partial charge in [-0.1, -0.05) is 30.4 Å². The maximum atomic E-state index is 12.9. The maximum Gasteiger partial charge on any atom is 0.387 e. The van der Waals surface area contributed by atoms with Gasteiger partial charge in [-0.05, 0) is 55.2 Å². The number of carbonyl (C=O) groups excluding carboxylic acids is 3. The van der Waals surface area contributed by atoms with Crippen LogP contribution in [0.3, 0.4) is 0 Å². The minimum atomic E-state index is -2.87. The third-order valence-corrected chi connectivity index (χ3v) is 5.74. The molecule has 1 aliphatic heterocycles. The lowest BCUT2D eigenvalue weighted by molar-refractivity contribution is -0.139. The number of allylic oxidation sites excluding steroid dienone is 2. The lowest BCUT2D eigenvalue weighted by Gasteiger charge is -2.38. The SMILES string of the molecule is O=C(NCCc1ccc(OC(F)F)cc1)c1cccc(N2NC(=O)C3CC=CCC3C2=O)c1. The van der Waals surface area contributed by atoms with Gasteiger partial charge in [0, 0.05) is 12.1 Å². The molecule has 0 radical (unpaired) electrons. The summed E-state index contributed by atoms with van der Waals surface area (Å²) in [7, 11) is 0. The number of anilines is 1. The molecule has 2 aromatic carbocycles. The molecule has 2 unspecified atom stereocenters. The number of benzene rings is 2. The Morgan fingerprint density at radius 3 is 2.55 bits per heavy atom. The van der Waals surface area contributed by atoms with Gasteiger partial charge < -0.3 is 10.1 Å². The number of hydrogen-bond acceptors (Lipinski definition) is 4. The fourth-order valence-corrected chi connectivity index (χ4v) is 4.03. The average molecular weight is 455 g/mol. The van der Waals surface area contributed by atoms with Crippen LogP contribution in [0.4, 0.5) is 14.5 Å². The van der Waals surface area contributed by atoms with Crippen molar-refractivity contribution in [1.29, 1.82) is 0 Å². The van der Waals surface area contributed by atoms with Crippen molar-refractivity contribution in [2.24, 2.45) is 11.8 Å². The van der Waals surface area contributed by atoms with Gasteiger partial charge in [-0.3, -0.25) is 19.8 Å². The summed E-state index contributed by atoms with van der Waals surface area (Å²) in [5.74, 6) is -1.42. The molecule has 1 saturated heterocycles. The standard InChI is InChI=1S/C24H23F2N3O4/c25-24(26)33-18-10-8-15(9-11-18)12-13-27-21(30)16-4-3-5-17(14-16)29-23(32)20-7-2-1-6-19(20)22(31)28-29/h1-5,8-11,14,19-20,24H,6-7,12-13H2,(H,27,30)(H,28,31). The summed E-state index contributed by atoms with van der Waals surface area (Å²) in [5.41, 5.74) is 4.27. The number of ether oxygens (including phenoxy) is 1. The number of fused-ring (bicyclic) bond motifs is 1. The van der Waals surface area contributed by atoms with Crippen molar-refractivity contribution in [3.05, 3.63) is 71.8 Å². The monoisotopic (exact) mass is 455 g/mol. The highest BCUT2D eigenvalue weighted by molar-refractivity contribution is 6.05. The van der Waals surface area contributed by atoms with Gasteiger partial charge >= 0.3 is 6.61 Å². The Hall–Kier alpha value is -3.75. The molecule has 33 heavy (non-hydrogen) atoms. The Morgan fingerprint density at radius 2 is 1.82 bits per heavy atom. The van der Waals surface area contributed by atoms with Crippen LogP contribution in [0.25, 0.3) is 0 Å². The van der Waals surface area contributed by atoms with E-state index in [9.17, 15) is 23.2 Å². The molecule has 2 aliphatic rings. The van der Waals surface area contributed by atoms with Gasteiger partial charge in [0.05, 0.1) is 17.5 Å². The molecule has 0 spiro atoms. The van der Waals surface area contributed by atoms with Crippen molar-refractivity contribution < 1.29 is 27.9 Å². The van der Waals surface area contributed by atoms with Crippen LogP contribution in [0.5, 0.6) is 5.75 Å². The molecule has 1 heterocycles. The third-order valence-electron chi connectivity index (χ3n) is 5.74. The molecular formula is C24H23F2N3O4. The Labute approximate surface area is 189 Å².